The molecule has 0 unspecified atom stereocenters. The zero-order chi connectivity index (χ0) is 13.7. The van der Waals surface area contributed by atoms with Crippen LogP contribution >= 0.6 is 0 Å². The minimum atomic E-state index is -0.0671. The summed E-state index contributed by atoms with van der Waals surface area (Å²) in [5.74, 6) is 1.40. The first kappa shape index (κ1) is 13.5. The highest BCUT2D eigenvalue weighted by molar-refractivity contribution is 5.89. The topological polar surface area (TPSA) is 50.8 Å². The quantitative estimate of drug-likeness (QED) is 0.889. The first-order valence-corrected chi connectivity index (χ1v) is 6.70. The van der Waals surface area contributed by atoms with Crippen molar-refractivity contribution in [1.29, 1.82) is 0 Å². The molecule has 19 heavy (non-hydrogen) atoms. The van der Waals surface area contributed by atoms with Crippen LogP contribution in [0.4, 0.5) is 10.5 Å². The molecule has 5 heteroatoms. The Labute approximate surface area is 113 Å². The van der Waals surface area contributed by atoms with E-state index in [-0.39, 0.29) is 12.8 Å². The number of carbonyl (C=O) groups excluding carboxylic acids is 1. The fourth-order valence-corrected chi connectivity index (χ4v) is 2.03. The molecule has 2 amide bonds. The summed E-state index contributed by atoms with van der Waals surface area (Å²) in [4.78, 5) is 14.0. The van der Waals surface area contributed by atoms with Crippen molar-refractivity contribution in [2.75, 3.05) is 25.2 Å². The van der Waals surface area contributed by atoms with Crippen LogP contribution in [-0.4, -0.2) is 30.8 Å². The van der Waals surface area contributed by atoms with E-state index in [0.29, 0.717) is 5.75 Å². The van der Waals surface area contributed by atoms with Crippen molar-refractivity contribution < 1.29 is 14.3 Å². The Morgan fingerprint density at radius 3 is 2.58 bits per heavy atom. The number of urea groups is 1. The predicted octanol–water partition coefficient (Wildman–Crippen LogP) is 3.07. The summed E-state index contributed by atoms with van der Waals surface area (Å²) in [5.41, 5.74) is 0.728. The Morgan fingerprint density at radius 2 is 1.89 bits per heavy atom. The Kier molecular flexibility index (Phi) is 4.49. The SMILES string of the molecule is CCCN(CCC)C(=O)Nc1ccc2c(c1)OCO2. The maximum atomic E-state index is 12.1. The standard InChI is InChI=1S/C14H20N2O3/c1-3-7-16(8-4-2)14(17)15-11-5-6-12-13(9-11)19-10-18-12/h5-6,9H,3-4,7-8,10H2,1-2H3,(H,15,17). The maximum Gasteiger partial charge on any atom is 0.321 e. The van der Waals surface area contributed by atoms with Crippen molar-refractivity contribution in [1.82, 2.24) is 4.90 Å². The molecule has 1 aliphatic heterocycles. The maximum absolute atomic E-state index is 12.1. The number of nitrogens with zero attached hydrogens (tertiary/aromatic N) is 1. The molecule has 0 radical (unpaired) electrons. The molecule has 1 aromatic carbocycles. The van der Waals surface area contributed by atoms with Gasteiger partial charge < -0.3 is 19.7 Å². The number of carbonyl (C=O) groups is 1. The summed E-state index contributed by atoms with van der Waals surface area (Å²) in [6.45, 7) is 5.91. The molecule has 1 N–H and O–H groups in total. The first-order valence-electron chi connectivity index (χ1n) is 6.70. The first-order chi connectivity index (χ1) is 9.24. The van der Waals surface area contributed by atoms with Gasteiger partial charge in [-0.2, -0.15) is 0 Å². The van der Waals surface area contributed by atoms with Crippen LogP contribution in [0.25, 0.3) is 0 Å². The van der Waals surface area contributed by atoms with Gasteiger partial charge in [0.05, 0.1) is 0 Å². The van der Waals surface area contributed by atoms with Crippen molar-refractivity contribution in [2.24, 2.45) is 0 Å². The van der Waals surface area contributed by atoms with Crippen LogP contribution in [0.3, 0.4) is 0 Å². The summed E-state index contributed by atoms with van der Waals surface area (Å²) in [7, 11) is 0. The number of benzene rings is 1. The van der Waals surface area contributed by atoms with Gasteiger partial charge in [0.1, 0.15) is 0 Å². The fraction of sp³-hybridized carbons (Fsp3) is 0.500. The van der Waals surface area contributed by atoms with Crippen LogP contribution in [0.2, 0.25) is 0 Å². The van der Waals surface area contributed by atoms with Crippen LogP contribution in [0.15, 0.2) is 18.2 Å². The highest BCUT2D eigenvalue weighted by Gasteiger charge is 2.16. The van der Waals surface area contributed by atoms with Gasteiger partial charge in [-0.15, -0.1) is 0 Å². The van der Waals surface area contributed by atoms with Crippen LogP contribution in [0, 0.1) is 0 Å². The molecule has 104 valence electrons. The van der Waals surface area contributed by atoms with Crippen molar-refractivity contribution in [2.45, 2.75) is 26.7 Å². The lowest BCUT2D eigenvalue weighted by Gasteiger charge is -2.21. The lowest BCUT2D eigenvalue weighted by Crippen LogP contribution is -2.36. The number of anilines is 1. The Bertz CT molecular complexity index is 442. The largest absolute Gasteiger partial charge is 0.454 e. The molecule has 0 spiro atoms. The number of ether oxygens (including phenoxy) is 2. The molecule has 1 heterocycles. The van der Waals surface area contributed by atoms with E-state index in [1.165, 1.54) is 0 Å². The van der Waals surface area contributed by atoms with Gasteiger partial charge in [0, 0.05) is 24.8 Å². The molecule has 1 aromatic rings. The molecule has 0 atom stereocenters. The number of nitrogens with one attached hydrogen (secondary N) is 1. The summed E-state index contributed by atoms with van der Waals surface area (Å²) < 4.78 is 10.5. The normalized spacial score (nSPS) is 12.3. The Morgan fingerprint density at radius 1 is 1.21 bits per heavy atom. The van der Waals surface area contributed by atoms with E-state index in [4.69, 9.17) is 9.47 Å². The smallest absolute Gasteiger partial charge is 0.321 e. The van der Waals surface area contributed by atoms with E-state index in [9.17, 15) is 4.79 Å². The van der Waals surface area contributed by atoms with Crippen molar-refractivity contribution in [3.63, 3.8) is 0 Å². The molecule has 0 fully saturated rings. The summed E-state index contributed by atoms with van der Waals surface area (Å²) >= 11 is 0. The van der Waals surface area contributed by atoms with Gasteiger partial charge in [-0.1, -0.05) is 13.8 Å². The zero-order valence-corrected chi connectivity index (χ0v) is 11.4. The van der Waals surface area contributed by atoms with Crippen molar-refractivity contribution in [3.05, 3.63) is 18.2 Å². The summed E-state index contributed by atoms with van der Waals surface area (Å²) in [6.07, 6.45) is 1.91. The highest BCUT2D eigenvalue weighted by Crippen LogP contribution is 2.34. The number of hydrogen-bond acceptors (Lipinski definition) is 3. The lowest BCUT2D eigenvalue weighted by atomic mass is 10.3. The fourth-order valence-electron chi connectivity index (χ4n) is 2.03. The van der Waals surface area contributed by atoms with E-state index in [2.05, 4.69) is 19.2 Å². The van der Waals surface area contributed by atoms with Gasteiger partial charge in [0.15, 0.2) is 11.5 Å². The zero-order valence-electron chi connectivity index (χ0n) is 11.4. The highest BCUT2D eigenvalue weighted by atomic mass is 16.7. The van der Waals surface area contributed by atoms with Crippen LogP contribution < -0.4 is 14.8 Å². The molecular weight excluding hydrogens is 244 g/mol. The molecule has 0 aliphatic carbocycles. The van der Waals surface area contributed by atoms with Gasteiger partial charge in [0.25, 0.3) is 0 Å². The van der Waals surface area contributed by atoms with Crippen molar-refractivity contribution >= 4 is 11.7 Å². The Balaban J connectivity index is 2.01. The third-order valence-corrected chi connectivity index (χ3v) is 2.90. The predicted molar refractivity (Wildman–Crippen MR) is 73.7 cm³/mol. The summed E-state index contributed by atoms with van der Waals surface area (Å²) in [5, 5.41) is 2.89. The second kappa shape index (κ2) is 6.31. The van der Waals surface area contributed by atoms with E-state index in [1.54, 1.807) is 6.07 Å². The number of fused-ring (bicyclic) bond motifs is 1. The van der Waals surface area contributed by atoms with Crippen LogP contribution in [0.1, 0.15) is 26.7 Å². The van der Waals surface area contributed by atoms with Gasteiger partial charge >= 0.3 is 6.03 Å². The van der Waals surface area contributed by atoms with Gasteiger partial charge in [-0.3, -0.25) is 0 Å². The third-order valence-electron chi connectivity index (χ3n) is 2.90. The molecule has 0 aromatic heterocycles. The molecule has 0 saturated carbocycles. The minimum absolute atomic E-state index is 0.0671. The van der Waals surface area contributed by atoms with E-state index in [0.717, 1.165) is 37.4 Å². The van der Waals surface area contributed by atoms with Crippen LogP contribution in [0.5, 0.6) is 11.5 Å². The third kappa shape index (κ3) is 3.30. The molecule has 0 saturated heterocycles. The van der Waals surface area contributed by atoms with E-state index in [1.807, 2.05) is 17.0 Å². The van der Waals surface area contributed by atoms with Gasteiger partial charge in [-0.05, 0) is 25.0 Å². The van der Waals surface area contributed by atoms with Crippen LogP contribution in [-0.2, 0) is 0 Å². The molecule has 2 rings (SSSR count). The molecule has 0 bridgehead atoms. The van der Waals surface area contributed by atoms with Gasteiger partial charge in [-0.25, -0.2) is 4.79 Å². The molecule has 1 aliphatic rings. The lowest BCUT2D eigenvalue weighted by molar-refractivity contribution is 0.174. The second-order valence-electron chi connectivity index (χ2n) is 4.49. The molecule has 5 nitrogen and oxygen atoms in total. The number of amides is 2. The number of rotatable bonds is 5. The number of hydrogen-bond donors (Lipinski definition) is 1. The van der Waals surface area contributed by atoms with Gasteiger partial charge in [0.2, 0.25) is 6.79 Å². The van der Waals surface area contributed by atoms with E-state index >= 15 is 0 Å². The summed E-state index contributed by atoms with van der Waals surface area (Å²) in [6, 6.07) is 5.35. The average molecular weight is 264 g/mol. The monoisotopic (exact) mass is 264 g/mol. The minimum Gasteiger partial charge on any atom is -0.454 e. The van der Waals surface area contributed by atoms with Crippen molar-refractivity contribution in [3.8, 4) is 11.5 Å². The second-order valence-corrected chi connectivity index (χ2v) is 4.49. The Hall–Kier alpha value is -1.91. The molecular formula is C14H20N2O3. The average Bonchev–Trinajstić information content (AvgIpc) is 2.86. The van der Waals surface area contributed by atoms with E-state index < -0.39 is 0 Å².